The third kappa shape index (κ3) is 2.52. The second-order valence-corrected chi connectivity index (χ2v) is 7.56. The van der Waals surface area contributed by atoms with Gasteiger partial charge in [0.05, 0.1) is 16.5 Å². The lowest BCUT2D eigenvalue weighted by molar-refractivity contribution is 0.000496. The molecule has 0 aliphatic carbocycles. The molecule has 1 amide bonds. The van der Waals surface area contributed by atoms with Crippen LogP contribution in [-0.4, -0.2) is 34.1 Å². The number of benzene rings is 1. The molecule has 1 aromatic heterocycles. The number of likely N-dealkylation sites (tertiary alicyclic amines) is 1. The molecule has 0 spiro atoms. The zero-order valence-electron chi connectivity index (χ0n) is 13.0. The van der Waals surface area contributed by atoms with Gasteiger partial charge in [0.1, 0.15) is 5.82 Å². The zero-order chi connectivity index (χ0) is 16.1. The Labute approximate surface area is 133 Å². The van der Waals surface area contributed by atoms with Crippen molar-refractivity contribution in [2.45, 2.75) is 45.3 Å². The molecular weight excluding hydrogens is 301 g/mol. The third-order valence-corrected chi connectivity index (χ3v) is 5.68. The summed E-state index contributed by atoms with van der Waals surface area (Å²) in [5, 5.41) is 11.1. The van der Waals surface area contributed by atoms with Crippen LogP contribution in [0, 0.1) is 12.7 Å². The SMILES string of the molecule is Cc1c(C(=O)N2CCCC2C(C)(C)O)sc2ccc(F)cc12. The Hall–Kier alpha value is -1.46. The van der Waals surface area contributed by atoms with Gasteiger partial charge >= 0.3 is 0 Å². The quantitative estimate of drug-likeness (QED) is 0.916. The number of aryl methyl sites for hydroxylation is 1. The molecule has 1 aliphatic rings. The van der Waals surface area contributed by atoms with E-state index in [-0.39, 0.29) is 17.8 Å². The number of thiophene rings is 1. The van der Waals surface area contributed by atoms with Crippen LogP contribution in [0.15, 0.2) is 18.2 Å². The van der Waals surface area contributed by atoms with Gasteiger partial charge in [-0.2, -0.15) is 0 Å². The van der Waals surface area contributed by atoms with Crippen molar-refractivity contribution in [2.75, 3.05) is 6.54 Å². The van der Waals surface area contributed by atoms with E-state index >= 15 is 0 Å². The number of carbonyl (C=O) groups is 1. The van der Waals surface area contributed by atoms with E-state index in [1.807, 2.05) is 6.92 Å². The molecule has 0 radical (unpaired) electrons. The van der Waals surface area contributed by atoms with Gasteiger partial charge in [-0.1, -0.05) is 0 Å². The van der Waals surface area contributed by atoms with Gasteiger partial charge in [0.2, 0.25) is 0 Å². The predicted octanol–water partition coefficient (Wildman–Crippen LogP) is 3.72. The van der Waals surface area contributed by atoms with E-state index in [1.54, 1.807) is 24.8 Å². The van der Waals surface area contributed by atoms with Crippen LogP contribution >= 0.6 is 11.3 Å². The maximum absolute atomic E-state index is 13.4. The highest BCUT2D eigenvalue weighted by molar-refractivity contribution is 7.21. The minimum Gasteiger partial charge on any atom is -0.388 e. The fourth-order valence-corrected chi connectivity index (χ4v) is 4.42. The Morgan fingerprint density at radius 3 is 2.86 bits per heavy atom. The number of hydrogen-bond donors (Lipinski definition) is 1. The molecule has 22 heavy (non-hydrogen) atoms. The molecule has 1 saturated heterocycles. The summed E-state index contributed by atoms with van der Waals surface area (Å²) < 4.78 is 14.3. The standard InChI is InChI=1S/C17H20FNO2S/c1-10-12-9-11(18)6-7-13(12)22-15(10)16(20)19-8-4-5-14(19)17(2,3)21/h6-7,9,14,21H,4-5,8H2,1-3H3. The summed E-state index contributed by atoms with van der Waals surface area (Å²) in [6.07, 6.45) is 1.72. The van der Waals surface area contributed by atoms with E-state index in [0.29, 0.717) is 11.4 Å². The van der Waals surface area contributed by atoms with Gasteiger partial charge in [-0.3, -0.25) is 4.79 Å². The van der Waals surface area contributed by atoms with Crippen molar-refractivity contribution in [3.8, 4) is 0 Å². The Bertz CT molecular complexity index is 732. The predicted molar refractivity (Wildman–Crippen MR) is 86.9 cm³/mol. The molecule has 0 bridgehead atoms. The van der Waals surface area contributed by atoms with E-state index in [1.165, 1.54) is 23.5 Å². The first-order chi connectivity index (χ1) is 10.3. The molecule has 3 rings (SSSR count). The number of amides is 1. The number of halogens is 1. The first kappa shape index (κ1) is 15.4. The molecule has 1 aliphatic heterocycles. The van der Waals surface area contributed by atoms with Crippen LogP contribution in [-0.2, 0) is 0 Å². The first-order valence-corrected chi connectivity index (χ1v) is 8.32. The molecule has 1 aromatic carbocycles. The molecular formula is C17H20FNO2S. The van der Waals surface area contributed by atoms with Crippen LogP contribution < -0.4 is 0 Å². The maximum Gasteiger partial charge on any atom is 0.264 e. The van der Waals surface area contributed by atoms with Crippen LogP contribution in [0.3, 0.4) is 0 Å². The molecule has 1 unspecified atom stereocenters. The second kappa shape index (κ2) is 5.32. The summed E-state index contributed by atoms with van der Waals surface area (Å²) in [4.78, 5) is 15.3. The van der Waals surface area contributed by atoms with Crippen molar-refractivity contribution >= 4 is 27.3 Å². The molecule has 1 atom stereocenters. The van der Waals surface area contributed by atoms with Gasteiger partial charge in [0.25, 0.3) is 5.91 Å². The lowest BCUT2D eigenvalue weighted by atomic mass is 9.96. The van der Waals surface area contributed by atoms with Crippen LogP contribution in [0.2, 0.25) is 0 Å². The van der Waals surface area contributed by atoms with Gasteiger partial charge < -0.3 is 10.0 Å². The molecule has 2 heterocycles. The highest BCUT2D eigenvalue weighted by Gasteiger charge is 2.39. The fourth-order valence-electron chi connectivity index (χ4n) is 3.27. The number of nitrogens with zero attached hydrogens (tertiary/aromatic N) is 1. The van der Waals surface area contributed by atoms with Crippen LogP contribution in [0.25, 0.3) is 10.1 Å². The van der Waals surface area contributed by atoms with Gasteiger partial charge in [-0.25, -0.2) is 4.39 Å². The number of hydrogen-bond acceptors (Lipinski definition) is 3. The van der Waals surface area contributed by atoms with E-state index in [0.717, 1.165) is 28.5 Å². The monoisotopic (exact) mass is 321 g/mol. The van der Waals surface area contributed by atoms with Crippen molar-refractivity contribution in [3.05, 3.63) is 34.5 Å². The average molecular weight is 321 g/mol. The lowest BCUT2D eigenvalue weighted by Crippen LogP contribution is -2.48. The topological polar surface area (TPSA) is 40.5 Å². The normalized spacial score (nSPS) is 19.1. The fraction of sp³-hybridized carbons (Fsp3) is 0.471. The Morgan fingerprint density at radius 1 is 1.45 bits per heavy atom. The van der Waals surface area contributed by atoms with E-state index in [9.17, 15) is 14.3 Å². The minimum atomic E-state index is -0.914. The molecule has 2 aromatic rings. The molecule has 1 fully saturated rings. The summed E-state index contributed by atoms with van der Waals surface area (Å²) in [6.45, 7) is 6.02. The lowest BCUT2D eigenvalue weighted by Gasteiger charge is -2.33. The summed E-state index contributed by atoms with van der Waals surface area (Å²) >= 11 is 1.40. The van der Waals surface area contributed by atoms with Crippen molar-refractivity contribution in [1.82, 2.24) is 4.90 Å². The maximum atomic E-state index is 13.4. The summed E-state index contributed by atoms with van der Waals surface area (Å²) in [5.41, 5.74) is -0.0889. The summed E-state index contributed by atoms with van der Waals surface area (Å²) in [6, 6.07) is 4.45. The first-order valence-electron chi connectivity index (χ1n) is 7.51. The van der Waals surface area contributed by atoms with Crippen LogP contribution in [0.1, 0.15) is 41.9 Å². The van der Waals surface area contributed by atoms with Crippen LogP contribution in [0.4, 0.5) is 4.39 Å². The highest BCUT2D eigenvalue weighted by Crippen LogP contribution is 2.35. The van der Waals surface area contributed by atoms with Gasteiger partial charge in [-0.15, -0.1) is 11.3 Å². The molecule has 1 N–H and O–H groups in total. The zero-order valence-corrected chi connectivity index (χ0v) is 13.8. The number of rotatable bonds is 2. The molecule has 0 saturated carbocycles. The number of aliphatic hydroxyl groups is 1. The van der Waals surface area contributed by atoms with Crippen molar-refractivity contribution in [3.63, 3.8) is 0 Å². The number of carbonyl (C=O) groups excluding carboxylic acids is 1. The minimum absolute atomic E-state index is 0.0521. The van der Waals surface area contributed by atoms with E-state index < -0.39 is 5.60 Å². The van der Waals surface area contributed by atoms with Crippen LogP contribution in [0.5, 0.6) is 0 Å². The van der Waals surface area contributed by atoms with Gasteiger partial charge in [-0.05, 0) is 62.8 Å². The molecule has 3 nitrogen and oxygen atoms in total. The number of fused-ring (bicyclic) bond motifs is 1. The van der Waals surface area contributed by atoms with Crippen molar-refractivity contribution in [1.29, 1.82) is 0 Å². The van der Waals surface area contributed by atoms with Gasteiger partial charge in [0, 0.05) is 11.2 Å². The van der Waals surface area contributed by atoms with Crippen molar-refractivity contribution in [2.24, 2.45) is 0 Å². The Kier molecular flexibility index (Phi) is 3.73. The smallest absolute Gasteiger partial charge is 0.264 e. The van der Waals surface area contributed by atoms with Gasteiger partial charge in [0.15, 0.2) is 0 Å². The van der Waals surface area contributed by atoms with E-state index in [4.69, 9.17) is 0 Å². The van der Waals surface area contributed by atoms with E-state index in [2.05, 4.69) is 0 Å². The largest absolute Gasteiger partial charge is 0.388 e. The second-order valence-electron chi connectivity index (χ2n) is 6.51. The summed E-state index contributed by atoms with van der Waals surface area (Å²) in [5.74, 6) is -0.341. The average Bonchev–Trinajstić information content (AvgIpc) is 3.04. The highest BCUT2D eigenvalue weighted by atomic mass is 32.1. The Morgan fingerprint density at radius 2 is 2.18 bits per heavy atom. The third-order valence-electron chi connectivity index (χ3n) is 4.42. The van der Waals surface area contributed by atoms with Crippen molar-refractivity contribution < 1.29 is 14.3 Å². The molecule has 118 valence electrons. The molecule has 5 heteroatoms. The summed E-state index contributed by atoms with van der Waals surface area (Å²) in [7, 11) is 0. The Balaban J connectivity index is 2.00.